The van der Waals surface area contributed by atoms with Gasteiger partial charge in [0.05, 0.1) is 0 Å². The van der Waals surface area contributed by atoms with Gasteiger partial charge in [0.25, 0.3) is 0 Å². The Labute approximate surface area is 91.5 Å². The molecule has 1 unspecified atom stereocenters. The van der Waals surface area contributed by atoms with Crippen LogP contribution in [-0.4, -0.2) is 0 Å². The second kappa shape index (κ2) is 5.19. The van der Waals surface area contributed by atoms with E-state index in [1.54, 1.807) is 0 Å². The zero-order chi connectivity index (χ0) is 11.4. The minimum atomic E-state index is 0.443. The van der Waals surface area contributed by atoms with E-state index >= 15 is 0 Å². The van der Waals surface area contributed by atoms with E-state index in [0.29, 0.717) is 10.8 Å². The lowest BCUT2D eigenvalue weighted by molar-refractivity contribution is 0.0863. The van der Waals surface area contributed by atoms with Gasteiger partial charge in [0.2, 0.25) is 0 Å². The topological polar surface area (TPSA) is 0 Å². The molecule has 0 aliphatic carbocycles. The van der Waals surface area contributed by atoms with Gasteiger partial charge < -0.3 is 0 Å². The summed E-state index contributed by atoms with van der Waals surface area (Å²) in [7, 11) is 0. The summed E-state index contributed by atoms with van der Waals surface area (Å²) in [6.07, 6.45) is 5.45. The third kappa shape index (κ3) is 4.02. The van der Waals surface area contributed by atoms with Gasteiger partial charge in [-0.2, -0.15) is 0 Å². The Bertz CT molecular complexity index is 150. The molecule has 0 saturated heterocycles. The van der Waals surface area contributed by atoms with Crippen molar-refractivity contribution in [3.05, 3.63) is 0 Å². The Morgan fingerprint density at radius 3 is 1.79 bits per heavy atom. The van der Waals surface area contributed by atoms with Crippen LogP contribution >= 0.6 is 0 Å². The first-order chi connectivity index (χ1) is 6.23. The molecule has 0 nitrogen and oxygen atoms in total. The second-order valence-electron chi connectivity index (χ2n) is 6.45. The quantitative estimate of drug-likeness (QED) is 0.564. The molecule has 14 heavy (non-hydrogen) atoms. The molecule has 0 heteroatoms. The van der Waals surface area contributed by atoms with Crippen LogP contribution in [-0.2, 0) is 0 Å². The largest absolute Gasteiger partial charge is 0.0648 e. The zero-order valence-electron chi connectivity index (χ0n) is 11.4. The van der Waals surface area contributed by atoms with E-state index in [4.69, 9.17) is 0 Å². The fourth-order valence-electron chi connectivity index (χ4n) is 1.98. The van der Waals surface area contributed by atoms with Crippen LogP contribution in [0.1, 0.15) is 74.1 Å². The van der Waals surface area contributed by atoms with Crippen molar-refractivity contribution in [1.29, 1.82) is 0 Å². The van der Waals surface area contributed by atoms with E-state index in [-0.39, 0.29) is 0 Å². The highest BCUT2D eigenvalue weighted by molar-refractivity contribution is 4.85. The molecule has 0 saturated carbocycles. The monoisotopic (exact) mass is 198 g/mol. The van der Waals surface area contributed by atoms with Crippen molar-refractivity contribution >= 4 is 0 Å². The average molecular weight is 198 g/mol. The number of hydrogen-bond donors (Lipinski definition) is 0. The lowest BCUT2D eigenvalue weighted by Gasteiger charge is -2.42. The van der Waals surface area contributed by atoms with Gasteiger partial charge in [0.1, 0.15) is 0 Å². The summed E-state index contributed by atoms with van der Waals surface area (Å²) in [5.74, 6) is 0.857. The molecule has 0 fully saturated rings. The van der Waals surface area contributed by atoms with Crippen molar-refractivity contribution < 1.29 is 0 Å². The average Bonchev–Trinajstić information content (AvgIpc) is 2.01. The zero-order valence-corrected chi connectivity index (χ0v) is 11.4. The molecule has 0 spiro atoms. The molecule has 0 radical (unpaired) electrons. The summed E-state index contributed by atoms with van der Waals surface area (Å²) in [6, 6.07) is 0. The second-order valence-corrected chi connectivity index (χ2v) is 6.45. The van der Waals surface area contributed by atoms with Gasteiger partial charge in [-0.25, -0.2) is 0 Å². The third-order valence-corrected chi connectivity index (χ3v) is 4.10. The first-order valence-corrected chi connectivity index (χ1v) is 6.23. The van der Waals surface area contributed by atoms with Gasteiger partial charge in [-0.1, -0.05) is 67.7 Å². The first kappa shape index (κ1) is 14.0. The lowest BCUT2D eigenvalue weighted by Crippen LogP contribution is -2.32. The maximum atomic E-state index is 2.45. The molecule has 1 atom stereocenters. The minimum Gasteiger partial charge on any atom is -0.0648 e. The van der Waals surface area contributed by atoms with Crippen LogP contribution in [0.3, 0.4) is 0 Å². The molecule has 86 valence electrons. The first-order valence-electron chi connectivity index (χ1n) is 6.23. The summed E-state index contributed by atoms with van der Waals surface area (Å²) in [4.78, 5) is 0. The summed E-state index contributed by atoms with van der Waals surface area (Å²) in [6.45, 7) is 16.6. The van der Waals surface area contributed by atoms with E-state index in [2.05, 4.69) is 48.5 Å². The molecular formula is C14H30. The van der Waals surface area contributed by atoms with Crippen molar-refractivity contribution in [1.82, 2.24) is 0 Å². The predicted molar refractivity (Wildman–Crippen MR) is 66.5 cm³/mol. The Hall–Kier alpha value is 0. The molecule has 0 aliphatic rings. The summed E-state index contributed by atoms with van der Waals surface area (Å²) in [5.41, 5.74) is 0.959. The van der Waals surface area contributed by atoms with Crippen LogP contribution in [0.15, 0.2) is 0 Å². The number of hydrogen-bond acceptors (Lipinski definition) is 0. The highest BCUT2D eigenvalue weighted by Crippen LogP contribution is 2.45. The highest BCUT2D eigenvalue weighted by atomic mass is 14.4. The molecule has 0 N–H and O–H groups in total. The highest BCUT2D eigenvalue weighted by Gasteiger charge is 2.34. The summed E-state index contributed by atoms with van der Waals surface area (Å²) < 4.78 is 0. The van der Waals surface area contributed by atoms with Crippen LogP contribution in [0.5, 0.6) is 0 Å². The number of rotatable bonds is 5. The van der Waals surface area contributed by atoms with Gasteiger partial charge >= 0.3 is 0 Å². The normalized spacial score (nSPS) is 17.1. The van der Waals surface area contributed by atoms with Gasteiger partial charge in [0, 0.05) is 0 Å². The lowest BCUT2D eigenvalue weighted by atomic mass is 9.64. The van der Waals surface area contributed by atoms with Gasteiger partial charge in [-0.15, -0.1) is 0 Å². The van der Waals surface area contributed by atoms with E-state index in [9.17, 15) is 0 Å². The molecular weight excluding hydrogens is 168 g/mol. The summed E-state index contributed by atoms with van der Waals surface area (Å²) >= 11 is 0. The van der Waals surface area contributed by atoms with Gasteiger partial charge in [-0.3, -0.25) is 0 Å². The van der Waals surface area contributed by atoms with E-state index < -0.39 is 0 Å². The van der Waals surface area contributed by atoms with Crippen LogP contribution in [0.4, 0.5) is 0 Å². The van der Waals surface area contributed by atoms with Crippen LogP contribution in [0.25, 0.3) is 0 Å². The van der Waals surface area contributed by atoms with Crippen molar-refractivity contribution in [2.45, 2.75) is 74.1 Å². The fraction of sp³-hybridized carbons (Fsp3) is 1.00. The molecule has 0 aromatic carbocycles. The fourth-order valence-corrected chi connectivity index (χ4v) is 1.98. The van der Waals surface area contributed by atoms with E-state index in [1.807, 2.05) is 0 Å². The minimum absolute atomic E-state index is 0.443. The van der Waals surface area contributed by atoms with Crippen molar-refractivity contribution in [2.75, 3.05) is 0 Å². The van der Waals surface area contributed by atoms with Crippen molar-refractivity contribution in [3.8, 4) is 0 Å². The summed E-state index contributed by atoms with van der Waals surface area (Å²) in [5, 5.41) is 0. The van der Waals surface area contributed by atoms with Crippen LogP contribution < -0.4 is 0 Å². The predicted octanol–water partition coefficient (Wildman–Crippen LogP) is 5.28. The maximum absolute atomic E-state index is 2.45. The Kier molecular flexibility index (Phi) is 5.19. The van der Waals surface area contributed by atoms with Gasteiger partial charge in [0.15, 0.2) is 0 Å². The molecule has 0 aromatic rings. The molecule has 0 bridgehead atoms. The smallest absolute Gasteiger partial charge is 0.0280 e. The molecule has 0 rings (SSSR count). The molecule has 0 aromatic heterocycles. The Morgan fingerprint density at radius 2 is 1.50 bits per heavy atom. The SMILES string of the molecule is CCC(C)(CCCC(C)C)C(C)(C)C. The van der Waals surface area contributed by atoms with Crippen molar-refractivity contribution in [2.24, 2.45) is 16.7 Å². The Balaban J connectivity index is 4.14. The molecule has 0 aliphatic heterocycles. The van der Waals surface area contributed by atoms with Gasteiger partial charge in [-0.05, 0) is 23.2 Å². The van der Waals surface area contributed by atoms with Crippen LogP contribution in [0.2, 0.25) is 0 Å². The Morgan fingerprint density at radius 1 is 1.00 bits per heavy atom. The maximum Gasteiger partial charge on any atom is -0.0280 e. The van der Waals surface area contributed by atoms with Crippen molar-refractivity contribution in [3.63, 3.8) is 0 Å². The van der Waals surface area contributed by atoms with Crippen LogP contribution in [0, 0.1) is 16.7 Å². The molecule has 0 heterocycles. The standard InChI is InChI=1S/C14H30/c1-8-14(7,13(4,5)6)11-9-10-12(2)3/h12H,8-11H2,1-7H3. The third-order valence-electron chi connectivity index (χ3n) is 4.10. The van der Waals surface area contributed by atoms with E-state index in [0.717, 1.165) is 5.92 Å². The molecule has 0 amide bonds. The van der Waals surface area contributed by atoms with E-state index in [1.165, 1.54) is 25.7 Å².